The molecule has 1 aromatic rings. The van der Waals surface area contributed by atoms with Gasteiger partial charge in [0.25, 0.3) is 11.6 Å². The number of nitro benzene ring substituents is 1. The molecule has 2 amide bonds. The molecule has 2 N–H and O–H groups in total. The zero-order valence-corrected chi connectivity index (χ0v) is 17.2. The maximum Gasteiger partial charge on any atom is 0.391 e. The normalized spacial score (nSPS) is 20.3. The van der Waals surface area contributed by atoms with E-state index in [0.29, 0.717) is 18.6 Å². The Labute approximate surface area is 176 Å². The second-order valence-electron chi connectivity index (χ2n) is 7.23. The molecule has 0 spiro atoms. The molecule has 166 valence electrons. The lowest BCUT2D eigenvalue weighted by Gasteiger charge is -2.32. The number of carbonyl (C=O) groups is 2. The number of alkyl halides is 3. The number of nitro groups is 1. The molecular weight excluding hydrogens is 423 g/mol. The summed E-state index contributed by atoms with van der Waals surface area (Å²) in [5.74, 6) is -2.10. The van der Waals surface area contributed by atoms with Crippen molar-refractivity contribution in [3.05, 3.63) is 39.9 Å². The molecule has 0 bridgehead atoms. The highest BCUT2D eigenvalue weighted by molar-refractivity contribution is 7.98. The minimum Gasteiger partial charge on any atom is -0.352 e. The molecule has 0 aliphatic heterocycles. The maximum absolute atomic E-state index is 13.0. The average molecular weight is 447 g/mol. The first kappa shape index (κ1) is 24.0. The molecule has 2 rings (SSSR count). The molecule has 1 aliphatic carbocycles. The van der Waals surface area contributed by atoms with Crippen molar-refractivity contribution in [3.63, 3.8) is 0 Å². The predicted molar refractivity (Wildman–Crippen MR) is 107 cm³/mol. The summed E-state index contributed by atoms with van der Waals surface area (Å²) in [6.45, 7) is 0. The molecule has 30 heavy (non-hydrogen) atoms. The highest BCUT2D eigenvalue weighted by Gasteiger charge is 2.42. The van der Waals surface area contributed by atoms with Crippen LogP contribution < -0.4 is 10.6 Å². The third-order valence-electron chi connectivity index (χ3n) is 5.04. The summed E-state index contributed by atoms with van der Waals surface area (Å²) >= 11 is 1.46. The van der Waals surface area contributed by atoms with Gasteiger partial charge in [0.1, 0.15) is 6.04 Å². The summed E-state index contributed by atoms with van der Waals surface area (Å²) in [7, 11) is 0. The van der Waals surface area contributed by atoms with E-state index in [-0.39, 0.29) is 30.5 Å². The fraction of sp³-hybridized carbons (Fsp3) is 0.579. The molecule has 1 fully saturated rings. The summed E-state index contributed by atoms with van der Waals surface area (Å²) in [6, 6.07) is 3.55. The maximum atomic E-state index is 13.0. The molecule has 3 atom stereocenters. The van der Waals surface area contributed by atoms with Crippen LogP contribution in [0.25, 0.3) is 0 Å². The SMILES string of the molecule is CSCCC(NC(=O)c1cccc([N+](=O)[O-])c1)C(=O)NC1CCCC(C(F)(F)F)C1. The Hall–Kier alpha value is -2.30. The van der Waals surface area contributed by atoms with E-state index in [4.69, 9.17) is 0 Å². The smallest absolute Gasteiger partial charge is 0.352 e. The van der Waals surface area contributed by atoms with Crippen molar-refractivity contribution in [3.8, 4) is 0 Å². The van der Waals surface area contributed by atoms with E-state index in [2.05, 4.69) is 10.6 Å². The Morgan fingerprint density at radius 2 is 2.07 bits per heavy atom. The zero-order valence-electron chi connectivity index (χ0n) is 16.4. The molecule has 3 unspecified atom stereocenters. The zero-order chi connectivity index (χ0) is 22.3. The second kappa shape index (κ2) is 10.6. The number of rotatable bonds is 8. The van der Waals surface area contributed by atoms with E-state index < -0.39 is 40.9 Å². The van der Waals surface area contributed by atoms with E-state index >= 15 is 0 Å². The number of nitrogens with one attached hydrogen (secondary N) is 2. The van der Waals surface area contributed by atoms with Crippen LogP contribution in [-0.4, -0.2) is 47.0 Å². The van der Waals surface area contributed by atoms with Crippen molar-refractivity contribution in [1.82, 2.24) is 10.6 Å². The predicted octanol–water partition coefficient (Wildman–Crippen LogP) is 3.68. The first-order valence-corrected chi connectivity index (χ1v) is 10.9. The summed E-state index contributed by atoms with van der Waals surface area (Å²) in [4.78, 5) is 35.5. The fourth-order valence-electron chi connectivity index (χ4n) is 3.43. The van der Waals surface area contributed by atoms with Gasteiger partial charge in [-0.05, 0) is 43.8 Å². The van der Waals surface area contributed by atoms with E-state index in [9.17, 15) is 32.9 Å². The topological polar surface area (TPSA) is 101 Å². The number of hydrogen-bond donors (Lipinski definition) is 2. The Morgan fingerprint density at radius 3 is 2.70 bits per heavy atom. The number of amides is 2. The molecule has 7 nitrogen and oxygen atoms in total. The number of carbonyl (C=O) groups excluding carboxylic acids is 2. The third kappa shape index (κ3) is 6.89. The van der Waals surface area contributed by atoms with Crippen molar-refractivity contribution >= 4 is 29.3 Å². The standard InChI is InChI=1S/C19H24F3N3O4S/c1-30-9-8-16(24-17(26)12-4-2-7-15(10-12)25(28)29)18(27)23-14-6-3-5-13(11-14)19(20,21)22/h2,4,7,10,13-14,16H,3,5-6,8-9,11H2,1H3,(H,23,27)(H,24,26). The van der Waals surface area contributed by atoms with Crippen LogP contribution in [0.2, 0.25) is 0 Å². The summed E-state index contributed by atoms with van der Waals surface area (Å²) in [5, 5.41) is 16.1. The molecule has 1 saturated carbocycles. The molecule has 1 aromatic carbocycles. The van der Waals surface area contributed by atoms with Gasteiger partial charge in [-0.3, -0.25) is 19.7 Å². The van der Waals surface area contributed by atoms with Crippen LogP contribution in [0.4, 0.5) is 18.9 Å². The van der Waals surface area contributed by atoms with Crippen molar-refractivity contribution in [1.29, 1.82) is 0 Å². The van der Waals surface area contributed by atoms with Gasteiger partial charge in [-0.1, -0.05) is 12.5 Å². The van der Waals surface area contributed by atoms with Gasteiger partial charge in [0, 0.05) is 23.7 Å². The molecule has 0 radical (unpaired) electrons. The monoisotopic (exact) mass is 447 g/mol. The third-order valence-corrected chi connectivity index (χ3v) is 5.68. The van der Waals surface area contributed by atoms with Crippen LogP contribution in [-0.2, 0) is 4.79 Å². The number of thioether (sulfide) groups is 1. The average Bonchev–Trinajstić information content (AvgIpc) is 2.70. The van der Waals surface area contributed by atoms with E-state index in [1.165, 1.54) is 30.0 Å². The van der Waals surface area contributed by atoms with Gasteiger partial charge in [-0.15, -0.1) is 0 Å². The van der Waals surface area contributed by atoms with Crippen LogP contribution in [0.15, 0.2) is 24.3 Å². The number of hydrogen-bond acceptors (Lipinski definition) is 5. The summed E-state index contributed by atoms with van der Waals surface area (Å²) in [6.07, 6.45) is -1.50. The van der Waals surface area contributed by atoms with Gasteiger partial charge in [0.2, 0.25) is 5.91 Å². The Balaban J connectivity index is 2.05. The Bertz CT molecular complexity index is 776. The van der Waals surface area contributed by atoms with Crippen LogP contribution in [0.1, 0.15) is 42.5 Å². The van der Waals surface area contributed by atoms with Crippen LogP contribution in [0.3, 0.4) is 0 Å². The van der Waals surface area contributed by atoms with Gasteiger partial charge in [-0.25, -0.2) is 0 Å². The number of benzene rings is 1. The second-order valence-corrected chi connectivity index (χ2v) is 8.21. The van der Waals surface area contributed by atoms with Gasteiger partial charge in [0.05, 0.1) is 10.8 Å². The lowest BCUT2D eigenvalue weighted by atomic mass is 9.85. The fourth-order valence-corrected chi connectivity index (χ4v) is 3.90. The summed E-state index contributed by atoms with van der Waals surface area (Å²) < 4.78 is 39.0. The van der Waals surface area contributed by atoms with Gasteiger partial charge in [0.15, 0.2) is 0 Å². The van der Waals surface area contributed by atoms with E-state index in [1.54, 1.807) is 0 Å². The van der Waals surface area contributed by atoms with Crippen molar-refractivity contribution in [2.75, 3.05) is 12.0 Å². The van der Waals surface area contributed by atoms with Crippen molar-refractivity contribution < 1.29 is 27.7 Å². The Kier molecular flexibility index (Phi) is 8.51. The molecule has 0 saturated heterocycles. The van der Waals surface area contributed by atoms with Crippen LogP contribution in [0, 0.1) is 16.0 Å². The van der Waals surface area contributed by atoms with E-state index in [0.717, 1.165) is 6.07 Å². The lowest BCUT2D eigenvalue weighted by molar-refractivity contribution is -0.384. The highest BCUT2D eigenvalue weighted by Crippen LogP contribution is 2.37. The van der Waals surface area contributed by atoms with Gasteiger partial charge in [-0.2, -0.15) is 24.9 Å². The van der Waals surface area contributed by atoms with Gasteiger partial charge < -0.3 is 10.6 Å². The summed E-state index contributed by atoms with van der Waals surface area (Å²) in [5.41, 5.74) is -0.228. The van der Waals surface area contributed by atoms with Crippen molar-refractivity contribution in [2.24, 2.45) is 5.92 Å². The molecule has 0 heterocycles. The Morgan fingerprint density at radius 1 is 1.33 bits per heavy atom. The largest absolute Gasteiger partial charge is 0.391 e. The quantitative estimate of drug-likeness (QED) is 0.468. The molecular formula is C19H24F3N3O4S. The number of halogens is 3. The van der Waals surface area contributed by atoms with Crippen LogP contribution >= 0.6 is 11.8 Å². The first-order chi connectivity index (χ1) is 14.1. The van der Waals surface area contributed by atoms with E-state index in [1.807, 2.05) is 6.26 Å². The number of nitrogens with zero attached hydrogens (tertiary/aromatic N) is 1. The van der Waals surface area contributed by atoms with Gasteiger partial charge >= 0.3 is 6.18 Å². The minimum atomic E-state index is -4.29. The van der Waals surface area contributed by atoms with Crippen molar-refractivity contribution in [2.45, 2.75) is 50.4 Å². The first-order valence-electron chi connectivity index (χ1n) is 9.53. The van der Waals surface area contributed by atoms with Crippen LogP contribution in [0.5, 0.6) is 0 Å². The highest BCUT2D eigenvalue weighted by atomic mass is 32.2. The molecule has 1 aliphatic rings. The number of non-ortho nitro benzene ring substituents is 1. The minimum absolute atomic E-state index is 0.0287. The molecule has 11 heteroatoms. The lowest BCUT2D eigenvalue weighted by Crippen LogP contribution is -2.51. The molecule has 0 aromatic heterocycles.